The molecule has 0 saturated carbocycles. The number of benzene rings is 1. The van der Waals surface area contributed by atoms with Crippen LogP contribution in [0.2, 0.25) is 0 Å². The lowest BCUT2D eigenvalue weighted by atomic mass is 10.2. The van der Waals surface area contributed by atoms with Crippen molar-refractivity contribution in [3.8, 4) is 11.3 Å². The van der Waals surface area contributed by atoms with Crippen LogP contribution in [0.15, 0.2) is 72.2 Å². The van der Waals surface area contributed by atoms with Crippen molar-refractivity contribution < 1.29 is 9.47 Å². The predicted molar refractivity (Wildman–Crippen MR) is 80.5 cm³/mol. The van der Waals surface area contributed by atoms with Gasteiger partial charge in [-0.25, -0.2) is 0 Å². The Morgan fingerprint density at radius 3 is 2.68 bits per heavy atom. The number of fused-ring (bicyclic) bond motifs is 1. The Labute approximate surface area is 125 Å². The second-order valence-corrected chi connectivity index (χ2v) is 4.67. The smallest absolute Gasteiger partial charge is 0.274 e. The largest absolute Gasteiger partial charge is 0.464 e. The van der Waals surface area contributed by atoms with E-state index in [1.54, 1.807) is 10.8 Å². The molecule has 1 aliphatic heterocycles. The SMILES string of the molecule is O=c1ccn(C2=COC=CO2)c2cc(-c3ccccc3)nn12. The molecule has 0 radical (unpaired) electrons. The average molecular weight is 293 g/mol. The first-order valence-corrected chi connectivity index (χ1v) is 6.67. The summed E-state index contributed by atoms with van der Waals surface area (Å²) in [6.45, 7) is 0. The standard InChI is InChI=1S/C16H11N3O3/c20-15-6-7-18(16-11-21-8-9-22-16)14-10-13(17-19(14)15)12-4-2-1-3-5-12/h1-11H. The van der Waals surface area contributed by atoms with Gasteiger partial charge in [-0.1, -0.05) is 30.3 Å². The van der Waals surface area contributed by atoms with Crippen LogP contribution >= 0.6 is 0 Å². The highest BCUT2D eigenvalue weighted by Gasteiger charge is 2.13. The molecule has 0 amide bonds. The van der Waals surface area contributed by atoms with Crippen molar-refractivity contribution in [1.82, 2.24) is 14.2 Å². The van der Waals surface area contributed by atoms with Crippen LogP contribution in [-0.2, 0) is 9.47 Å². The summed E-state index contributed by atoms with van der Waals surface area (Å²) >= 11 is 0. The van der Waals surface area contributed by atoms with Crippen molar-refractivity contribution in [2.45, 2.75) is 0 Å². The van der Waals surface area contributed by atoms with E-state index < -0.39 is 0 Å². The van der Waals surface area contributed by atoms with Gasteiger partial charge < -0.3 is 9.47 Å². The van der Waals surface area contributed by atoms with Gasteiger partial charge in [0.1, 0.15) is 18.2 Å². The van der Waals surface area contributed by atoms with Gasteiger partial charge in [0.2, 0.25) is 5.88 Å². The summed E-state index contributed by atoms with van der Waals surface area (Å²) in [5.74, 6) is 0.451. The molecule has 22 heavy (non-hydrogen) atoms. The molecule has 4 rings (SSSR count). The Morgan fingerprint density at radius 2 is 1.91 bits per heavy atom. The zero-order valence-corrected chi connectivity index (χ0v) is 11.4. The van der Waals surface area contributed by atoms with Crippen LogP contribution in [0.4, 0.5) is 0 Å². The van der Waals surface area contributed by atoms with Crippen molar-refractivity contribution >= 4 is 11.5 Å². The van der Waals surface area contributed by atoms with Gasteiger partial charge in [0.05, 0.1) is 5.69 Å². The first kappa shape index (κ1) is 12.5. The van der Waals surface area contributed by atoms with Gasteiger partial charge in [0.25, 0.3) is 5.56 Å². The number of hydrogen-bond acceptors (Lipinski definition) is 4. The maximum atomic E-state index is 12.0. The van der Waals surface area contributed by atoms with Crippen LogP contribution in [0.3, 0.4) is 0 Å². The van der Waals surface area contributed by atoms with Crippen molar-refractivity contribution in [3.63, 3.8) is 0 Å². The third-order valence-corrected chi connectivity index (χ3v) is 3.31. The van der Waals surface area contributed by atoms with Crippen LogP contribution in [-0.4, -0.2) is 14.2 Å². The molecule has 108 valence electrons. The van der Waals surface area contributed by atoms with Crippen molar-refractivity contribution in [3.05, 3.63) is 77.8 Å². The Morgan fingerprint density at radius 1 is 1.05 bits per heavy atom. The fraction of sp³-hybridized carbons (Fsp3) is 0. The molecule has 3 aromatic rings. The lowest BCUT2D eigenvalue weighted by molar-refractivity contribution is 0.297. The number of ether oxygens (including phenoxy) is 2. The molecular formula is C16H11N3O3. The molecule has 6 heteroatoms. The topological polar surface area (TPSA) is 57.8 Å². The minimum absolute atomic E-state index is 0.207. The summed E-state index contributed by atoms with van der Waals surface area (Å²) < 4.78 is 13.6. The molecule has 3 heterocycles. The van der Waals surface area contributed by atoms with Crippen LogP contribution < -0.4 is 5.56 Å². The third kappa shape index (κ3) is 1.98. The summed E-state index contributed by atoms with van der Waals surface area (Å²) in [6.07, 6.45) is 5.94. The fourth-order valence-corrected chi connectivity index (χ4v) is 2.30. The van der Waals surface area contributed by atoms with Crippen molar-refractivity contribution in [2.24, 2.45) is 0 Å². The first-order chi connectivity index (χ1) is 10.8. The lowest BCUT2D eigenvalue weighted by Gasteiger charge is -2.13. The third-order valence-electron chi connectivity index (χ3n) is 3.31. The maximum Gasteiger partial charge on any atom is 0.274 e. The Bertz CT molecular complexity index is 952. The van der Waals surface area contributed by atoms with Crippen LogP contribution in [0.1, 0.15) is 0 Å². The summed E-state index contributed by atoms with van der Waals surface area (Å²) in [4.78, 5) is 12.0. The second-order valence-electron chi connectivity index (χ2n) is 4.67. The average Bonchev–Trinajstić information content (AvgIpc) is 3.03. The molecule has 0 aliphatic carbocycles. The van der Waals surface area contributed by atoms with Gasteiger partial charge in [-0.2, -0.15) is 9.61 Å². The Kier molecular flexibility index (Phi) is 2.79. The number of rotatable bonds is 2. The van der Waals surface area contributed by atoms with Crippen LogP contribution in [0, 0.1) is 0 Å². The van der Waals surface area contributed by atoms with E-state index in [0.29, 0.717) is 17.2 Å². The molecule has 0 N–H and O–H groups in total. The second kappa shape index (κ2) is 4.92. The van der Waals surface area contributed by atoms with Crippen LogP contribution in [0.5, 0.6) is 0 Å². The molecule has 0 saturated heterocycles. The van der Waals surface area contributed by atoms with E-state index >= 15 is 0 Å². The van der Waals surface area contributed by atoms with Gasteiger partial charge in [0, 0.05) is 23.9 Å². The van der Waals surface area contributed by atoms with E-state index in [-0.39, 0.29) is 5.56 Å². The van der Waals surface area contributed by atoms with Gasteiger partial charge in [-0.15, -0.1) is 0 Å². The summed E-state index contributed by atoms with van der Waals surface area (Å²) in [7, 11) is 0. The summed E-state index contributed by atoms with van der Waals surface area (Å²) in [6, 6.07) is 12.9. The normalized spacial score (nSPS) is 13.5. The van der Waals surface area contributed by atoms with Crippen LogP contribution in [0.25, 0.3) is 22.8 Å². The predicted octanol–water partition coefficient (Wildman–Crippen LogP) is 2.44. The highest BCUT2D eigenvalue weighted by molar-refractivity contribution is 5.66. The molecule has 0 spiro atoms. The van der Waals surface area contributed by atoms with E-state index in [4.69, 9.17) is 9.47 Å². The minimum atomic E-state index is -0.207. The van der Waals surface area contributed by atoms with Gasteiger partial charge >= 0.3 is 0 Å². The van der Waals surface area contributed by atoms with Gasteiger partial charge in [-0.05, 0) is 0 Å². The molecule has 0 bridgehead atoms. The van der Waals surface area contributed by atoms with Crippen molar-refractivity contribution in [2.75, 3.05) is 0 Å². The summed E-state index contributed by atoms with van der Waals surface area (Å²) in [5, 5.41) is 4.38. The number of hydrogen-bond donors (Lipinski definition) is 0. The number of aromatic nitrogens is 3. The molecule has 0 fully saturated rings. The first-order valence-electron chi connectivity index (χ1n) is 6.67. The van der Waals surface area contributed by atoms with Gasteiger partial charge in [-0.3, -0.25) is 9.36 Å². The Balaban J connectivity index is 1.93. The molecule has 0 atom stereocenters. The molecule has 1 aromatic carbocycles. The summed E-state index contributed by atoms with van der Waals surface area (Å²) in [5.41, 5.74) is 2.04. The zero-order chi connectivity index (χ0) is 14.9. The minimum Gasteiger partial charge on any atom is -0.464 e. The Hall–Kier alpha value is -3.28. The quantitative estimate of drug-likeness (QED) is 0.728. The highest BCUT2D eigenvalue weighted by atomic mass is 16.5. The molecule has 1 aliphatic rings. The molecular weight excluding hydrogens is 282 g/mol. The van der Waals surface area contributed by atoms with E-state index in [0.717, 1.165) is 5.56 Å². The molecule has 2 aromatic heterocycles. The zero-order valence-electron chi connectivity index (χ0n) is 11.4. The molecule has 6 nitrogen and oxygen atoms in total. The maximum absolute atomic E-state index is 12.0. The van der Waals surface area contributed by atoms with E-state index in [2.05, 4.69) is 5.10 Å². The molecule has 0 unspecified atom stereocenters. The van der Waals surface area contributed by atoms with Crippen molar-refractivity contribution in [1.29, 1.82) is 0 Å². The van der Waals surface area contributed by atoms with Gasteiger partial charge in [0.15, 0.2) is 6.26 Å². The lowest BCUT2D eigenvalue weighted by Crippen LogP contribution is -2.17. The monoisotopic (exact) mass is 293 g/mol. The van der Waals surface area contributed by atoms with E-state index in [9.17, 15) is 4.79 Å². The van der Waals surface area contributed by atoms with E-state index in [1.807, 2.05) is 36.4 Å². The highest BCUT2D eigenvalue weighted by Crippen LogP contribution is 2.21. The fourth-order valence-electron chi connectivity index (χ4n) is 2.30. The number of nitrogens with zero attached hydrogens (tertiary/aromatic N) is 3. The van der Waals surface area contributed by atoms with E-state index in [1.165, 1.54) is 29.4 Å².